The summed E-state index contributed by atoms with van der Waals surface area (Å²) in [6, 6.07) is 8.69. The highest BCUT2D eigenvalue weighted by Gasteiger charge is 2.21. The molecule has 0 aliphatic rings. The zero-order valence-electron chi connectivity index (χ0n) is 14.8. The van der Waals surface area contributed by atoms with E-state index in [2.05, 4.69) is 5.32 Å². The number of hydrogen-bond donors (Lipinski definition) is 2. The van der Waals surface area contributed by atoms with Crippen LogP contribution in [0.15, 0.2) is 29.8 Å². The highest BCUT2D eigenvalue weighted by atomic mass is 16.5. The Kier molecular flexibility index (Phi) is 7.47. The van der Waals surface area contributed by atoms with Crippen molar-refractivity contribution in [3.8, 4) is 11.8 Å². The zero-order valence-corrected chi connectivity index (χ0v) is 14.8. The van der Waals surface area contributed by atoms with Crippen LogP contribution in [0.4, 0.5) is 0 Å². The maximum atomic E-state index is 12.3. The Morgan fingerprint density at radius 3 is 2.46 bits per heavy atom. The number of amides is 1. The molecule has 0 spiro atoms. The van der Waals surface area contributed by atoms with Gasteiger partial charge in [-0.15, -0.1) is 0 Å². The lowest BCUT2D eigenvalue weighted by Gasteiger charge is -2.25. The van der Waals surface area contributed by atoms with Gasteiger partial charge in [-0.05, 0) is 42.5 Å². The van der Waals surface area contributed by atoms with Crippen LogP contribution in [0, 0.1) is 16.7 Å². The average Bonchev–Trinajstić information content (AvgIpc) is 2.52. The molecule has 1 rings (SSSR count). The first-order valence-electron chi connectivity index (χ1n) is 8.05. The van der Waals surface area contributed by atoms with Crippen LogP contribution in [0.2, 0.25) is 0 Å². The molecule has 130 valence electrons. The van der Waals surface area contributed by atoms with Crippen LogP contribution in [0.25, 0.3) is 6.08 Å². The fourth-order valence-electron chi connectivity index (χ4n) is 2.31. The molecule has 0 heterocycles. The molecule has 0 aliphatic carbocycles. The van der Waals surface area contributed by atoms with Crippen molar-refractivity contribution in [1.82, 2.24) is 5.32 Å². The van der Waals surface area contributed by atoms with Crippen molar-refractivity contribution in [3.05, 3.63) is 35.4 Å². The summed E-state index contributed by atoms with van der Waals surface area (Å²) in [5.41, 5.74) is 0.708. The first-order chi connectivity index (χ1) is 11.3. The number of ether oxygens (including phenoxy) is 1. The van der Waals surface area contributed by atoms with Crippen molar-refractivity contribution in [1.29, 1.82) is 5.26 Å². The van der Waals surface area contributed by atoms with Gasteiger partial charge < -0.3 is 15.2 Å². The molecule has 5 heteroatoms. The highest BCUT2D eigenvalue weighted by molar-refractivity contribution is 6.01. The second-order valence-electron chi connectivity index (χ2n) is 6.79. The minimum atomic E-state index is -0.477. The first-order valence-corrected chi connectivity index (χ1v) is 8.05. The second kappa shape index (κ2) is 9.09. The number of carbonyl (C=O) groups is 1. The van der Waals surface area contributed by atoms with Gasteiger partial charge in [0.1, 0.15) is 17.4 Å². The molecule has 24 heavy (non-hydrogen) atoms. The molecule has 1 unspecified atom stereocenters. The maximum absolute atomic E-state index is 12.3. The summed E-state index contributed by atoms with van der Waals surface area (Å²) in [6.07, 6.45) is 2.15. The summed E-state index contributed by atoms with van der Waals surface area (Å²) < 4.78 is 5.36. The molecule has 1 aromatic rings. The minimum Gasteiger partial charge on any atom is -0.494 e. The third-order valence-electron chi connectivity index (χ3n) is 3.28. The van der Waals surface area contributed by atoms with E-state index in [4.69, 9.17) is 4.74 Å². The number of aliphatic hydroxyl groups excluding tert-OH is 1. The minimum absolute atomic E-state index is 0.00604. The number of benzene rings is 1. The van der Waals surface area contributed by atoms with E-state index in [1.54, 1.807) is 24.3 Å². The van der Waals surface area contributed by atoms with Gasteiger partial charge in [0.25, 0.3) is 5.91 Å². The fourth-order valence-corrected chi connectivity index (χ4v) is 2.31. The second-order valence-corrected chi connectivity index (χ2v) is 6.79. The van der Waals surface area contributed by atoms with Gasteiger partial charge >= 0.3 is 0 Å². The summed E-state index contributed by atoms with van der Waals surface area (Å²) in [7, 11) is 0. The van der Waals surface area contributed by atoms with Crippen LogP contribution in [0.5, 0.6) is 5.75 Å². The molecule has 0 saturated carbocycles. The standard InChI is InChI=1S/C19H26N2O3/c1-5-24-17-8-6-14(7-9-17)10-15(12-20)18(23)21-16(13-22)11-19(2,3)4/h6-10,16,22H,5,11,13H2,1-4H3,(H,21,23)/b15-10-. The molecule has 0 saturated heterocycles. The molecule has 0 fully saturated rings. The van der Waals surface area contributed by atoms with E-state index in [1.807, 2.05) is 33.8 Å². The van der Waals surface area contributed by atoms with Crippen LogP contribution >= 0.6 is 0 Å². The maximum Gasteiger partial charge on any atom is 0.262 e. The summed E-state index contributed by atoms with van der Waals surface area (Å²) in [4.78, 5) is 12.3. The number of aliphatic hydroxyl groups is 1. The molecule has 0 radical (unpaired) electrons. The summed E-state index contributed by atoms with van der Waals surface area (Å²) in [5.74, 6) is 0.262. The summed E-state index contributed by atoms with van der Waals surface area (Å²) in [6.45, 7) is 8.41. The van der Waals surface area contributed by atoms with Gasteiger partial charge in [0.15, 0.2) is 0 Å². The third-order valence-corrected chi connectivity index (χ3v) is 3.28. The van der Waals surface area contributed by atoms with Gasteiger partial charge in [-0.2, -0.15) is 5.26 Å². The number of nitrogens with one attached hydrogen (secondary N) is 1. The molecule has 1 atom stereocenters. The Balaban J connectivity index is 2.83. The Labute approximate surface area is 143 Å². The van der Waals surface area contributed by atoms with E-state index >= 15 is 0 Å². The van der Waals surface area contributed by atoms with Crippen LogP contribution in [0.1, 0.15) is 39.7 Å². The summed E-state index contributed by atoms with van der Waals surface area (Å²) >= 11 is 0. The van der Waals surface area contributed by atoms with Gasteiger partial charge in [-0.3, -0.25) is 4.79 Å². The molecule has 5 nitrogen and oxygen atoms in total. The van der Waals surface area contributed by atoms with Gasteiger partial charge in [-0.1, -0.05) is 32.9 Å². The third kappa shape index (κ3) is 6.84. The quantitative estimate of drug-likeness (QED) is 0.595. The number of nitrogens with zero attached hydrogens (tertiary/aromatic N) is 1. The highest BCUT2D eigenvalue weighted by Crippen LogP contribution is 2.21. The molecule has 0 bridgehead atoms. The van der Waals surface area contributed by atoms with Crippen LogP contribution < -0.4 is 10.1 Å². The van der Waals surface area contributed by atoms with E-state index in [0.29, 0.717) is 13.0 Å². The normalized spacial score (nSPS) is 13.1. The van der Waals surface area contributed by atoms with Gasteiger partial charge in [0, 0.05) is 0 Å². The van der Waals surface area contributed by atoms with Gasteiger partial charge in [0.05, 0.1) is 19.3 Å². The molecular formula is C19H26N2O3. The lowest BCUT2D eigenvalue weighted by molar-refractivity contribution is -0.118. The van der Waals surface area contributed by atoms with E-state index in [9.17, 15) is 15.2 Å². The van der Waals surface area contributed by atoms with Crippen molar-refractivity contribution in [2.45, 2.75) is 40.2 Å². The van der Waals surface area contributed by atoms with Crippen LogP contribution in [0.3, 0.4) is 0 Å². The lowest BCUT2D eigenvalue weighted by atomic mass is 9.88. The van der Waals surface area contributed by atoms with E-state index in [0.717, 1.165) is 11.3 Å². The lowest BCUT2D eigenvalue weighted by Crippen LogP contribution is -2.40. The predicted molar refractivity (Wildman–Crippen MR) is 94.3 cm³/mol. The Bertz CT molecular complexity index is 607. The van der Waals surface area contributed by atoms with Crippen molar-refractivity contribution in [2.24, 2.45) is 5.41 Å². The number of nitriles is 1. The molecule has 2 N–H and O–H groups in total. The van der Waals surface area contributed by atoms with Crippen molar-refractivity contribution < 1.29 is 14.6 Å². The first kappa shape index (κ1) is 19.7. The SMILES string of the molecule is CCOc1ccc(/C=C(/C#N)C(=O)NC(CO)CC(C)(C)C)cc1. The summed E-state index contributed by atoms with van der Waals surface area (Å²) in [5, 5.41) is 21.4. The predicted octanol–water partition coefficient (Wildman–Crippen LogP) is 2.91. The van der Waals surface area contributed by atoms with Gasteiger partial charge in [0.2, 0.25) is 0 Å². The zero-order chi connectivity index (χ0) is 18.2. The molecule has 1 aromatic carbocycles. The molecular weight excluding hydrogens is 304 g/mol. The Morgan fingerprint density at radius 1 is 1.38 bits per heavy atom. The number of rotatable bonds is 7. The number of carbonyl (C=O) groups excluding carboxylic acids is 1. The molecule has 1 amide bonds. The average molecular weight is 330 g/mol. The van der Waals surface area contributed by atoms with Crippen molar-refractivity contribution in [2.75, 3.05) is 13.2 Å². The van der Waals surface area contributed by atoms with Gasteiger partial charge in [-0.25, -0.2) is 0 Å². The molecule has 0 aromatic heterocycles. The fraction of sp³-hybridized carbons (Fsp3) is 0.474. The monoisotopic (exact) mass is 330 g/mol. The topological polar surface area (TPSA) is 82.3 Å². The van der Waals surface area contributed by atoms with Crippen LogP contribution in [-0.2, 0) is 4.79 Å². The largest absolute Gasteiger partial charge is 0.494 e. The van der Waals surface area contributed by atoms with Crippen LogP contribution in [-0.4, -0.2) is 30.3 Å². The van der Waals surface area contributed by atoms with E-state index in [-0.39, 0.29) is 23.6 Å². The smallest absolute Gasteiger partial charge is 0.262 e. The Hall–Kier alpha value is -2.32. The number of hydrogen-bond acceptors (Lipinski definition) is 4. The Morgan fingerprint density at radius 2 is 2.00 bits per heavy atom. The van der Waals surface area contributed by atoms with Crippen molar-refractivity contribution in [3.63, 3.8) is 0 Å². The van der Waals surface area contributed by atoms with Crippen molar-refractivity contribution >= 4 is 12.0 Å². The van der Waals surface area contributed by atoms with E-state index < -0.39 is 5.91 Å². The van der Waals surface area contributed by atoms with E-state index in [1.165, 1.54) is 6.08 Å². The molecule has 0 aliphatic heterocycles.